The highest BCUT2D eigenvalue weighted by atomic mass is 19.1. The molecule has 14 heavy (non-hydrogen) atoms. The summed E-state index contributed by atoms with van der Waals surface area (Å²) in [5.74, 6) is -0.194. The van der Waals surface area contributed by atoms with E-state index < -0.39 is 0 Å². The van der Waals surface area contributed by atoms with Gasteiger partial charge < -0.3 is 0 Å². The smallest absolute Gasteiger partial charge is 0.0974 e. The molecule has 0 N–H and O–H groups in total. The summed E-state index contributed by atoms with van der Waals surface area (Å²) in [7, 11) is 0. The molecule has 0 bridgehead atoms. The number of halogens is 1. The van der Waals surface area contributed by atoms with Crippen molar-refractivity contribution < 1.29 is 4.39 Å². The highest BCUT2D eigenvalue weighted by Gasteiger charge is 1.94. The van der Waals surface area contributed by atoms with Gasteiger partial charge >= 0.3 is 0 Å². The Hall–Kier alpha value is -1.70. The van der Waals surface area contributed by atoms with E-state index in [0.717, 1.165) is 16.5 Å². The van der Waals surface area contributed by atoms with Crippen molar-refractivity contribution in [3.8, 4) is 0 Å². The Morgan fingerprint density at radius 2 is 2.21 bits per heavy atom. The van der Waals surface area contributed by atoms with E-state index in [1.165, 1.54) is 13.0 Å². The van der Waals surface area contributed by atoms with Crippen molar-refractivity contribution in [2.75, 3.05) is 0 Å². The van der Waals surface area contributed by atoms with E-state index in [2.05, 4.69) is 4.98 Å². The number of benzene rings is 1. The van der Waals surface area contributed by atoms with Crippen LogP contribution in [0.15, 0.2) is 42.4 Å². The van der Waals surface area contributed by atoms with Crippen LogP contribution in [0.3, 0.4) is 0 Å². The van der Waals surface area contributed by atoms with Crippen molar-refractivity contribution in [1.29, 1.82) is 0 Å². The van der Waals surface area contributed by atoms with Crippen molar-refractivity contribution in [2.24, 2.45) is 0 Å². The van der Waals surface area contributed by atoms with Crippen molar-refractivity contribution in [2.45, 2.75) is 6.92 Å². The van der Waals surface area contributed by atoms with Crippen LogP contribution >= 0.6 is 0 Å². The third kappa shape index (κ3) is 1.79. The van der Waals surface area contributed by atoms with Crippen LogP contribution in [0.2, 0.25) is 0 Å². The summed E-state index contributed by atoms with van der Waals surface area (Å²) in [6.45, 7) is 1.43. The van der Waals surface area contributed by atoms with Gasteiger partial charge in [-0.2, -0.15) is 0 Å². The first kappa shape index (κ1) is 8.88. The molecule has 0 saturated heterocycles. The van der Waals surface area contributed by atoms with E-state index in [-0.39, 0.29) is 5.83 Å². The zero-order chi connectivity index (χ0) is 9.97. The Morgan fingerprint density at radius 3 is 3.00 bits per heavy atom. The van der Waals surface area contributed by atoms with Crippen LogP contribution in [0.1, 0.15) is 12.5 Å². The molecular formula is C12H10FN. The van der Waals surface area contributed by atoms with E-state index >= 15 is 0 Å². The molecule has 2 heteroatoms. The van der Waals surface area contributed by atoms with Crippen LogP contribution in [-0.2, 0) is 0 Å². The zero-order valence-electron chi connectivity index (χ0n) is 7.87. The summed E-state index contributed by atoms with van der Waals surface area (Å²) in [4.78, 5) is 4.20. The van der Waals surface area contributed by atoms with Gasteiger partial charge in [0.05, 0.1) is 11.3 Å². The third-order valence-electron chi connectivity index (χ3n) is 2.00. The van der Waals surface area contributed by atoms with Crippen LogP contribution in [0.4, 0.5) is 4.39 Å². The molecule has 0 aliphatic rings. The molecule has 0 atom stereocenters. The van der Waals surface area contributed by atoms with Crippen molar-refractivity contribution in [1.82, 2.24) is 4.98 Å². The lowest BCUT2D eigenvalue weighted by Gasteiger charge is -1.97. The lowest BCUT2D eigenvalue weighted by Crippen LogP contribution is -1.79. The molecule has 0 radical (unpaired) electrons. The largest absolute Gasteiger partial charge is 0.256 e. The number of allylic oxidation sites excluding steroid dienone is 1. The topological polar surface area (TPSA) is 12.9 Å². The van der Waals surface area contributed by atoms with E-state index in [4.69, 9.17) is 0 Å². The molecule has 1 aromatic carbocycles. The first-order chi connectivity index (χ1) is 6.75. The van der Waals surface area contributed by atoms with Gasteiger partial charge in [0.2, 0.25) is 0 Å². The Bertz CT molecular complexity index is 484. The van der Waals surface area contributed by atoms with Gasteiger partial charge in [-0.3, -0.25) is 4.98 Å². The Morgan fingerprint density at radius 1 is 1.36 bits per heavy atom. The predicted molar refractivity (Wildman–Crippen MR) is 56.5 cm³/mol. The highest BCUT2D eigenvalue weighted by molar-refractivity contribution is 5.80. The van der Waals surface area contributed by atoms with E-state index in [1.54, 1.807) is 6.20 Å². The van der Waals surface area contributed by atoms with Crippen LogP contribution in [0, 0.1) is 0 Å². The molecule has 70 valence electrons. The summed E-state index contributed by atoms with van der Waals surface area (Å²) in [6, 6.07) is 9.57. The van der Waals surface area contributed by atoms with Gasteiger partial charge in [0.15, 0.2) is 0 Å². The number of aromatic nitrogens is 1. The standard InChI is InChI=1S/C12H10FN/c1-9(13)7-10-4-5-11-3-2-6-14-12(11)8-10/h2-8H,1H3/b9-7+. The first-order valence-corrected chi connectivity index (χ1v) is 4.44. The second-order valence-corrected chi connectivity index (χ2v) is 3.19. The van der Waals surface area contributed by atoms with E-state index in [1.807, 2.05) is 30.3 Å². The maximum absolute atomic E-state index is 12.6. The number of pyridine rings is 1. The molecule has 0 aliphatic carbocycles. The predicted octanol–water partition coefficient (Wildman–Crippen LogP) is 3.57. The molecule has 0 fully saturated rings. The molecule has 0 saturated carbocycles. The van der Waals surface area contributed by atoms with Crippen molar-refractivity contribution >= 4 is 17.0 Å². The summed E-state index contributed by atoms with van der Waals surface area (Å²) in [5, 5.41) is 1.07. The summed E-state index contributed by atoms with van der Waals surface area (Å²) < 4.78 is 12.6. The maximum atomic E-state index is 12.6. The third-order valence-corrected chi connectivity index (χ3v) is 2.00. The van der Waals surface area contributed by atoms with Crippen LogP contribution in [0.5, 0.6) is 0 Å². The number of hydrogen-bond acceptors (Lipinski definition) is 1. The van der Waals surface area contributed by atoms with E-state index in [0.29, 0.717) is 0 Å². The second-order valence-electron chi connectivity index (χ2n) is 3.19. The quantitative estimate of drug-likeness (QED) is 0.665. The van der Waals surface area contributed by atoms with Crippen LogP contribution in [0.25, 0.3) is 17.0 Å². The molecule has 2 rings (SSSR count). The van der Waals surface area contributed by atoms with Gasteiger partial charge in [-0.25, -0.2) is 4.39 Å². The van der Waals surface area contributed by atoms with Gasteiger partial charge in [0.25, 0.3) is 0 Å². The Balaban J connectivity index is 2.57. The van der Waals surface area contributed by atoms with Gasteiger partial charge in [0, 0.05) is 11.6 Å². The minimum atomic E-state index is -0.194. The van der Waals surface area contributed by atoms with Crippen molar-refractivity contribution in [3.63, 3.8) is 0 Å². The average molecular weight is 187 g/mol. The number of fused-ring (bicyclic) bond motifs is 1. The molecule has 1 nitrogen and oxygen atoms in total. The minimum absolute atomic E-state index is 0.194. The van der Waals surface area contributed by atoms with Gasteiger partial charge in [-0.1, -0.05) is 18.2 Å². The number of hydrogen-bond donors (Lipinski definition) is 0. The number of nitrogens with zero attached hydrogens (tertiary/aromatic N) is 1. The summed E-state index contributed by atoms with van der Waals surface area (Å²) in [6.07, 6.45) is 3.23. The zero-order valence-corrected chi connectivity index (χ0v) is 7.87. The normalized spacial score (nSPS) is 12.0. The fourth-order valence-electron chi connectivity index (χ4n) is 1.40. The minimum Gasteiger partial charge on any atom is -0.256 e. The van der Waals surface area contributed by atoms with Gasteiger partial charge in [-0.05, 0) is 30.7 Å². The molecule has 2 aromatic rings. The lowest BCUT2D eigenvalue weighted by molar-refractivity contribution is 0.648. The second kappa shape index (κ2) is 3.58. The van der Waals surface area contributed by atoms with E-state index in [9.17, 15) is 4.39 Å². The average Bonchev–Trinajstić information content (AvgIpc) is 2.17. The highest BCUT2D eigenvalue weighted by Crippen LogP contribution is 2.15. The fraction of sp³-hybridized carbons (Fsp3) is 0.0833. The number of rotatable bonds is 1. The molecular weight excluding hydrogens is 177 g/mol. The monoisotopic (exact) mass is 187 g/mol. The molecule has 0 aliphatic heterocycles. The molecule has 0 spiro atoms. The SMILES string of the molecule is C/C(F)=C\c1ccc2cccnc2c1. The van der Waals surface area contributed by atoms with Gasteiger partial charge in [-0.15, -0.1) is 0 Å². The molecule has 1 aromatic heterocycles. The molecule has 0 amide bonds. The first-order valence-electron chi connectivity index (χ1n) is 4.44. The maximum Gasteiger partial charge on any atom is 0.0974 e. The molecule has 1 heterocycles. The van der Waals surface area contributed by atoms with Gasteiger partial charge in [0.1, 0.15) is 0 Å². The fourth-order valence-corrected chi connectivity index (χ4v) is 1.40. The summed E-state index contributed by atoms with van der Waals surface area (Å²) in [5.41, 5.74) is 1.73. The Labute approximate surface area is 81.9 Å². The Kier molecular flexibility index (Phi) is 2.27. The lowest BCUT2D eigenvalue weighted by atomic mass is 10.1. The summed E-state index contributed by atoms with van der Waals surface area (Å²) >= 11 is 0. The molecule has 0 unspecified atom stereocenters. The van der Waals surface area contributed by atoms with Crippen LogP contribution < -0.4 is 0 Å². The van der Waals surface area contributed by atoms with Crippen LogP contribution in [-0.4, -0.2) is 4.98 Å². The van der Waals surface area contributed by atoms with Crippen molar-refractivity contribution in [3.05, 3.63) is 47.9 Å².